The third kappa shape index (κ3) is 5.52. The number of fused-ring (bicyclic) bond motifs is 2. The van der Waals surface area contributed by atoms with Gasteiger partial charge >= 0.3 is 0 Å². The van der Waals surface area contributed by atoms with Crippen molar-refractivity contribution < 1.29 is 9.59 Å². The highest BCUT2D eigenvalue weighted by atomic mass is 16.2. The number of carbonyl (C=O) groups excluding carboxylic acids is 2. The Balaban J connectivity index is 1.12. The van der Waals surface area contributed by atoms with Gasteiger partial charge < -0.3 is 14.8 Å². The summed E-state index contributed by atoms with van der Waals surface area (Å²) in [5.74, 6) is -0.119. The van der Waals surface area contributed by atoms with Crippen molar-refractivity contribution in [2.45, 2.75) is 32.0 Å². The van der Waals surface area contributed by atoms with E-state index >= 15 is 0 Å². The molecule has 2 aliphatic heterocycles. The molecule has 2 unspecified atom stereocenters. The zero-order valence-electron chi connectivity index (χ0n) is 27.9. The number of amides is 2. The third-order valence-electron chi connectivity index (χ3n) is 10.4. The largest absolute Gasteiger partial charge is 0.354 e. The van der Waals surface area contributed by atoms with Gasteiger partial charge in [-0.25, -0.2) is 0 Å². The lowest BCUT2D eigenvalue weighted by Crippen LogP contribution is -2.55. The molecule has 5 aromatic carbocycles. The molecule has 3 heterocycles. The highest BCUT2D eigenvalue weighted by Gasteiger charge is 2.45. The lowest BCUT2D eigenvalue weighted by atomic mass is 9.92. The van der Waals surface area contributed by atoms with Gasteiger partial charge in [0, 0.05) is 48.2 Å². The first-order valence-electron chi connectivity index (χ1n) is 17.2. The van der Waals surface area contributed by atoms with Gasteiger partial charge in [0.25, 0.3) is 5.91 Å². The SMILES string of the molecule is Cc1ccc(-c2[nH]c3ccccc3c2C2c3ccccc3C(=O)N2C(C)C(=O)N2CCN(C(c3ccccc3)c3ccccc3)CC2)cc1. The molecule has 2 amide bonds. The molecule has 0 spiro atoms. The summed E-state index contributed by atoms with van der Waals surface area (Å²) >= 11 is 0. The van der Waals surface area contributed by atoms with Crippen LogP contribution >= 0.6 is 0 Å². The van der Waals surface area contributed by atoms with Crippen LogP contribution in [0.15, 0.2) is 133 Å². The smallest absolute Gasteiger partial charge is 0.255 e. The topological polar surface area (TPSA) is 59.7 Å². The van der Waals surface area contributed by atoms with E-state index < -0.39 is 12.1 Å². The number of H-pyrrole nitrogens is 1. The van der Waals surface area contributed by atoms with Crippen LogP contribution in [0.3, 0.4) is 0 Å². The number of hydrogen-bond acceptors (Lipinski definition) is 3. The summed E-state index contributed by atoms with van der Waals surface area (Å²) in [6.45, 7) is 6.67. The number of aryl methyl sites for hydroxylation is 1. The second-order valence-electron chi connectivity index (χ2n) is 13.3. The number of carbonyl (C=O) groups is 2. The third-order valence-corrected chi connectivity index (χ3v) is 10.4. The van der Waals surface area contributed by atoms with E-state index in [0.717, 1.165) is 46.4 Å². The van der Waals surface area contributed by atoms with Crippen molar-refractivity contribution in [1.82, 2.24) is 19.7 Å². The predicted molar refractivity (Wildman–Crippen MR) is 195 cm³/mol. The molecular weight excluding hydrogens is 604 g/mol. The summed E-state index contributed by atoms with van der Waals surface area (Å²) in [7, 11) is 0. The summed E-state index contributed by atoms with van der Waals surface area (Å²) < 4.78 is 0. The number of nitrogens with one attached hydrogen (secondary N) is 1. The van der Waals surface area contributed by atoms with E-state index in [1.165, 1.54) is 16.7 Å². The molecule has 0 bridgehead atoms. The maximum Gasteiger partial charge on any atom is 0.255 e. The van der Waals surface area contributed by atoms with Gasteiger partial charge in [0.2, 0.25) is 5.91 Å². The molecule has 1 saturated heterocycles. The number of piperazine rings is 1. The van der Waals surface area contributed by atoms with Crippen LogP contribution < -0.4 is 0 Å². The van der Waals surface area contributed by atoms with E-state index in [2.05, 4.69) is 114 Å². The first-order chi connectivity index (χ1) is 24.0. The van der Waals surface area contributed by atoms with E-state index in [1.807, 2.05) is 53.1 Å². The lowest BCUT2D eigenvalue weighted by Gasteiger charge is -2.41. The number of aromatic nitrogens is 1. The minimum atomic E-state index is -0.657. The van der Waals surface area contributed by atoms with Crippen molar-refractivity contribution in [2.75, 3.05) is 26.2 Å². The second kappa shape index (κ2) is 12.9. The Morgan fingerprint density at radius 1 is 0.714 bits per heavy atom. The maximum absolute atomic E-state index is 14.5. The summed E-state index contributed by atoms with van der Waals surface area (Å²) in [6, 6.07) is 44.8. The monoisotopic (exact) mass is 644 g/mol. The standard InChI is InChI=1S/C43H40N4O2/c1-29-21-23-31(24-22-29)39-38(36-19-11-12-20-37(36)44-39)41-34-17-9-10-18-35(34)43(49)47(41)30(2)42(48)46-27-25-45(26-28-46)40(32-13-5-3-6-14-32)33-15-7-4-8-16-33/h3-24,30,40-41,44H,25-28H2,1-2H3. The molecule has 1 aromatic heterocycles. The van der Waals surface area contributed by atoms with Crippen LogP contribution in [0.1, 0.15) is 57.2 Å². The Morgan fingerprint density at radius 2 is 1.31 bits per heavy atom. The van der Waals surface area contributed by atoms with Gasteiger partial charge in [-0.05, 0) is 48.2 Å². The number of rotatable bonds is 7. The molecule has 1 fully saturated rings. The number of aromatic amines is 1. The average molecular weight is 645 g/mol. The highest BCUT2D eigenvalue weighted by molar-refractivity contribution is 6.04. The molecule has 49 heavy (non-hydrogen) atoms. The minimum Gasteiger partial charge on any atom is -0.354 e. The van der Waals surface area contributed by atoms with Gasteiger partial charge in [-0.2, -0.15) is 0 Å². The molecule has 0 saturated carbocycles. The van der Waals surface area contributed by atoms with Crippen LogP contribution in [0, 0.1) is 6.92 Å². The van der Waals surface area contributed by atoms with Gasteiger partial charge in [-0.15, -0.1) is 0 Å². The average Bonchev–Trinajstić information content (AvgIpc) is 3.67. The fraction of sp³-hybridized carbons (Fsp3) is 0.209. The summed E-state index contributed by atoms with van der Waals surface area (Å²) in [6.07, 6.45) is 0. The summed E-state index contributed by atoms with van der Waals surface area (Å²) in [4.78, 5) is 38.8. The quantitative estimate of drug-likeness (QED) is 0.192. The fourth-order valence-corrected chi connectivity index (χ4v) is 7.89. The molecular formula is C43H40N4O2. The van der Waals surface area contributed by atoms with Crippen LogP contribution in [-0.4, -0.2) is 63.7 Å². The van der Waals surface area contributed by atoms with E-state index in [0.29, 0.717) is 18.7 Å². The predicted octanol–water partition coefficient (Wildman–Crippen LogP) is 8.01. The van der Waals surface area contributed by atoms with Crippen LogP contribution in [0.5, 0.6) is 0 Å². The fourth-order valence-electron chi connectivity index (χ4n) is 7.89. The van der Waals surface area contributed by atoms with Crippen molar-refractivity contribution >= 4 is 22.7 Å². The van der Waals surface area contributed by atoms with Gasteiger partial charge in [0.1, 0.15) is 6.04 Å². The van der Waals surface area contributed by atoms with E-state index in [4.69, 9.17) is 0 Å². The zero-order chi connectivity index (χ0) is 33.5. The van der Waals surface area contributed by atoms with Crippen molar-refractivity contribution in [2.24, 2.45) is 0 Å². The van der Waals surface area contributed by atoms with E-state index in [1.54, 1.807) is 0 Å². The van der Waals surface area contributed by atoms with Crippen molar-refractivity contribution in [3.8, 4) is 11.3 Å². The number of hydrogen-bond donors (Lipinski definition) is 1. The molecule has 1 N–H and O–H groups in total. The lowest BCUT2D eigenvalue weighted by molar-refractivity contribution is -0.138. The van der Waals surface area contributed by atoms with Crippen LogP contribution in [0.4, 0.5) is 0 Å². The van der Waals surface area contributed by atoms with Crippen molar-refractivity contribution in [3.63, 3.8) is 0 Å². The molecule has 0 aliphatic carbocycles. The molecule has 244 valence electrons. The molecule has 6 aromatic rings. The Morgan fingerprint density at radius 3 is 1.98 bits per heavy atom. The Hall–Kier alpha value is -5.46. The molecule has 2 aliphatic rings. The number of benzene rings is 5. The van der Waals surface area contributed by atoms with Crippen LogP contribution in [0.25, 0.3) is 22.2 Å². The molecule has 8 rings (SSSR count). The zero-order valence-corrected chi connectivity index (χ0v) is 27.9. The maximum atomic E-state index is 14.5. The molecule has 0 radical (unpaired) electrons. The Bertz CT molecular complexity index is 2080. The molecule has 6 heteroatoms. The van der Waals surface area contributed by atoms with Crippen molar-refractivity contribution in [1.29, 1.82) is 0 Å². The Kier molecular flexibility index (Phi) is 8.10. The van der Waals surface area contributed by atoms with E-state index in [9.17, 15) is 9.59 Å². The number of nitrogens with zero attached hydrogens (tertiary/aromatic N) is 3. The van der Waals surface area contributed by atoms with Gasteiger partial charge in [-0.3, -0.25) is 14.5 Å². The minimum absolute atomic E-state index is 0.0153. The normalized spacial score (nSPS) is 17.1. The second-order valence-corrected chi connectivity index (χ2v) is 13.3. The summed E-state index contributed by atoms with van der Waals surface area (Å²) in [5.41, 5.74) is 9.32. The van der Waals surface area contributed by atoms with Crippen LogP contribution in [-0.2, 0) is 4.79 Å². The Labute approximate surface area is 287 Å². The first kappa shape index (κ1) is 30.8. The molecule has 6 nitrogen and oxygen atoms in total. The van der Waals surface area contributed by atoms with Gasteiger partial charge in [-0.1, -0.05) is 127 Å². The molecule has 2 atom stereocenters. The number of para-hydroxylation sites is 1. The van der Waals surface area contributed by atoms with Crippen LogP contribution in [0.2, 0.25) is 0 Å². The van der Waals surface area contributed by atoms with Gasteiger partial charge in [0.15, 0.2) is 0 Å². The highest BCUT2D eigenvalue weighted by Crippen LogP contribution is 2.46. The summed E-state index contributed by atoms with van der Waals surface area (Å²) in [5, 5.41) is 1.05. The van der Waals surface area contributed by atoms with Crippen molar-refractivity contribution in [3.05, 3.63) is 167 Å². The first-order valence-corrected chi connectivity index (χ1v) is 17.2. The van der Waals surface area contributed by atoms with Gasteiger partial charge in [0.05, 0.1) is 17.8 Å². The van der Waals surface area contributed by atoms with E-state index in [-0.39, 0.29) is 17.9 Å².